The van der Waals surface area contributed by atoms with Gasteiger partial charge in [-0.1, -0.05) is 35.0 Å². The second kappa shape index (κ2) is 4.26. The standard InChI is InChI=1S/C9H6Cl2N2S/c10-6-3-7(11)5-8(4-6)14-9-12-1-2-13-9/h1-5H,(H,12,13). The summed E-state index contributed by atoms with van der Waals surface area (Å²) in [4.78, 5) is 8.05. The van der Waals surface area contributed by atoms with E-state index in [9.17, 15) is 0 Å². The van der Waals surface area contributed by atoms with E-state index in [0.717, 1.165) is 10.1 Å². The van der Waals surface area contributed by atoms with Gasteiger partial charge in [-0.05, 0) is 18.2 Å². The van der Waals surface area contributed by atoms with Gasteiger partial charge in [-0.25, -0.2) is 4.98 Å². The normalized spacial score (nSPS) is 10.4. The monoisotopic (exact) mass is 244 g/mol. The highest BCUT2D eigenvalue weighted by molar-refractivity contribution is 7.99. The first-order chi connectivity index (χ1) is 6.74. The number of nitrogens with one attached hydrogen (secondary N) is 1. The molecule has 0 atom stereocenters. The van der Waals surface area contributed by atoms with Crippen molar-refractivity contribution in [3.05, 3.63) is 40.6 Å². The number of aromatic amines is 1. The Balaban J connectivity index is 2.25. The number of imidazole rings is 1. The van der Waals surface area contributed by atoms with Crippen molar-refractivity contribution in [3.63, 3.8) is 0 Å². The highest BCUT2D eigenvalue weighted by Gasteiger charge is 2.01. The highest BCUT2D eigenvalue weighted by atomic mass is 35.5. The number of H-pyrrole nitrogens is 1. The summed E-state index contributed by atoms with van der Waals surface area (Å²) in [5.74, 6) is 0. The molecule has 0 fully saturated rings. The first kappa shape index (κ1) is 9.90. The fraction of sp³-hybridized carbons (Fsp3) is 0. The van der Waals surface area contributed by atoms with Crippen LogP contribution in [0.1, 0.15) is 0 Å². The Morgan fingerprint density at radius 3 is 2.43 bits per heavy atom. The van der Waals surface area contributed by atoms with Crippen molar-refractivity contribution in [1.82, 2.24) is 9.97 Å². The molecule has 0 aliphatic heterocycles. The van der Waals surface area contributed by atoms with Gasteiger partial charge in [0.25, 0.3) is 0 Å². The molecule has 1 heterocycles. The lowest BCUT2D eigenvalue weighted by Crippen LogP contribution is -1.76. The van der Waals surface area contributed by atoms with E-state index >= 15 is 0 Å². The average Bonchev–Trinajstić information content (AvgIpc) is 2.54. The van der Waals surface area contributed by atoms with Gasteiger partial charge in [-0.15, -0.1) is 0 Å². The predicted octanol–water partition coefficient (Wildman–Crippen LogP) is 3.87. The maximum atomic E-state index is 5.86. The smallest absolute Gasteiger partial charge is 0.170 e. The maximum absolute atomic E-state index is 5.86. The Bertz CT molecular complexity index is 408. The zero-order chi connectivity index (χ0) is 9.97. The molecule has 0 saturated heterocycles. The van der Waals surface area contributed by atoms with Gasteiger partial charge in [0.2, 0.25) is 0 Å². The first-order valence-electron chi connectivity index (χ1n) is 3.87. The molecule has 72 valence electrons. The van der Waals surface area contributed by atoms with Crippen LogP contribution in [-0.4, -0.2) is 9.97 Å². The van der Waals surface area contributed by atoms with E-state index in [1.54, 1.807) is 18.5 Å². The molecule has 0 saturated carbocycles. The molecule has 1 aromatic carbocycles. The van der Waals surface area contributed by atoms with Crippen LogP contribution >= 0.6 is 35.0 Å². The van der Waals surface area contributed by atoms with Gasteiger partial charge in [0, 0.05) is 27.3 Å². The van der Waals surface area contributed by atoms with Crippen molar-refractivity contribution in [1.29, 1.82) is 0 Å². The molecule has 5 heteroatoms. The number of rotatable bonds is 2. The molecule has 0 radical (unpaired) electrons. The fourth-order valence-electron chi connectivity index (χ4n) is 1.01. The lowest BCUT2D eigenvalue weighted by Gasteiger charge is -1.99. The van der Waals surface area contributed by atoms with Crippen LogP contribution in [-0.2, 0) is 0 Å². The molecule has 0 aliphatic carbocycles. The van der Waals surface area contributed by atoms with Crippen molar-refractivity contribution < 1.29 is 0 Å². The van der Waals surface area contributed by atoms with Gasteiger partial charge in [0.05, 0.1) is 0 Å². The molecule has 2 rings (SSSR count). The zero-order valence-corrected chi connectivity index (χ0v) is 9.33. The van der Waals surface area contributed by atoms with E-state index < -0.39 is 0 Å². The summed E-state index contributed by atoms with van der Waals surface area (Å²) in [6.45, 7) is 0. The minimum atomic E-state index is 0.631. The Morgan fingerprint density at radius 2 is 1.86 bits per heavy atom. The summed E-state index contributed by atoms with van der Waals surface area (Å²) in [7, 11) is 0. The summed E-state index contributed by atoms with van der Waals surface area (Å²) in [5.41, 5.74) is 0. The fourth-order valence-corrected chi connectivity index (χ4v) is 2.50. The summed E-state index contributed by atoms with van der Waals surface area (Å²) >= 11 is 13.2. The molecule has 0 unspecified atom stereocenters. The van der Waals surface area contributed by atoms with E-state index in [1.807, 2.05) is 12.1 Å². The molecule has 0 spiro atoms. The Hall–Kier alpha value is -0.640. The predicted molar refractivity (Wildman–Crippen MR) is 59.2 cm³/mol. The van der Waals surface area contributed by atoms with Crippen LogP contribution < -0.4 is 0 Å². The SMILES string of the molecule is Clc1cc(Cl)cc(Sc2ncc[nH]2)c1. The summed E-state index contributed by atoms with van der Waals surface area (Å²) in [6.07, 6.45) is 3.48. The van der Waals surface area contributed by atoms with Crippen LogP contribution in [0.5, 0.6) is 0 Å². The molecule has 0 amide bonds. The molecule has 2 aromatic rings. The van der Waals surface area contributed by atoms with Crippen molar-refractivity contribution in [2.75, 3.05) is 0 Å². The Kier molecular flexibility index (Phi) is 3.01. The number of nitrogens with zero attached hydrogens (tertiary/aromatic N) is 1. The molecular formula is C9H6Cl2N2S. The van der Waals surface area contributed by atoms with Gasteiger partial charge in [-0.3, -0.25) is 0 Å². The van der Waals surface area contributed by atoms with Crippen molar-refractivity contribution in [2.45, 2.75) is 10.1 Å². The lowest BCUT2D eigenvalue weighted by molar-refractivity contribution is 1.06. The zero-order valence-electron chi connectivity index (χ0n) is 7.00. The van der Waals surface area contributed by atoms with Gasteiger partial charge in [0.1, 0.15) is 0 Å². The first-order valence-corrected chi connectivity index (χ1v) is 5.44. The van der Waals surface area contributed by atoms with Crippen LogP contribution in [0.15, 0.2) is 40.6 Å². The third-order valence-electron chi connectivity index (χ3n) is 1.52. The minimum absolute atomic E-state index is 0.631. The van der Waals surface area contributed by atoms with Crippen LogP contribution in [0.3, 0.4) is 0 Å². The number of hydrogen-bond donors (Lipinski definition) is 1. The molecule has 2 nitrogen and oxygen atoms in total. The van der Waals surface area contributed by atoms with E-state index in [1.165, 1.54) is 11.8 Å². The minimum Gasteiger partial charge on any atom is -0.339 e. The number of halogens is 2. The molecule has 0 aliphatic rings. The second-order valence-electron chi connectivity index (χ2n) is 2.60. The van der Waals surface area contributed by atoms with Crippen LogP contribution in [0, 0.1) is 0 Å². The molecule has 14 heavy (non-hydrogen) atoms. The highest BCUT2D eigenvalue weighted by Crippen LogP contribution is 2.29. The van der Waals surface area contributed by atoms with Gasteiger partial charge < -0.3 is 4.98 Å². The Labute approximate surface area is 95.6 Å². The average molecular weight is 245 g/mol. The summed E-state index contributed by atoms with van der Waals surface area (Å²) in [6, 6.07) is 5.40. The maximum Gasteiger partial charge on any atom is 0.170 e. The Morgan fingerprint density at radius 1 is 1.14 bits per heavy atom. The van der Waals surface area contributed by atoms with E-state index in [4.69, 9.17) is 23.2 Å². The quantitative estimate of drug-likeness (QED) is 0.869. The van der Waals surface area contributed by atoms with Gasteiger partial charge >= 0.3 is 0 Å². The van der Waals surface area contributed by atoms with E-state index in [2.05, 4.69) is 9.97 Å². The summed E-state index contributed by atoms with van der Waals surface area (Å²) in [5, 5.41) is 2.08. The number of hydrogen-bond acceptors (Lipinski definition) is 2. The molecule has 0 bridgehead atoms. The number of benzene rings is 1. The summed E-state index contributed by atoms with van der Waals surface area (Å²) < 4.78 is 0. The van der Waals surface area contributed by atoms with E-state index in [0.29, 0.717) is 10.0 Å². The van der Waals surface area contributed by atoms with Crippen LogP contribution in [0.4, 0.5) is 0 Å². The van der Waals surface area contributed by atoms with E-state index in [-0.39, 0.29) is 0 Å². The lowest BCUT2D eigenvalue weighted by atomic mass is 10.4. The third-order valence-corrected chi connectivity index (χ3v) is 2.85. The largest absolute Gasteiger partial charge is 0.339 e. The van der Waals surface area contributed by atoms with Gasteiger partial charge in [0.15, 0.2) is 5.16 Å². The topological polar surface area (TPSA) is 28.7 Å². The molecule has 1 N–H and O–H groups in total. The van der Waals surface area contributed by atoms with Crippen molar-refractivity contribution in [2.24, 2.45) is 0 Å². The third kappa shape index (κ3) is 2.44. The van der Waals surface area contributed by atoms with Crippen molar-refractivity contribution >= 4 is 35.0 Å². The molecular weight excluding hydrogens is 239 g/mol. The van der Waals surface area contributed by atoms with Gasteiger partial charge in [-0.2, -0.15) is 0 Å². The van der Waals surface area contributed by atoms with Crippen LogP contribution in [0.25, 0.3) is 0 Å². The molecule has 1 aromatic heterocycles. The second-order valence-corrected chi connectivity index (χ2v) is 4.54. The van der Waals surface area contributed by atoms with Crippen LogP contribution in [0.2, 0.25) is 10.0 Å². The van der Waals surface area contributed by atoms with Crippen molar-refractivity contribution in [3.8, 4) is 0 Å². The number of aromatic nitrogens is 2.